The Hall–Kier alpha value is -2.21. The molecular formula is C14H19N5O. The number of carbonyl (C=O) groups is 1. The van der Waals surface area contributed by atoms with E-state index >= 15 is 0 Å². The number of rotatable bonds is 4. The predicted molar refractivity (Wildman–Crippen MR) is 76.7 cm³/mol. The molecule has 0 aliphatic carbocycles. The Labute approximate surface area is 118 Å². The van der Waals surface area contributed by atoms with Crippen molar-refractivity contribution < 1.29 is 4.79 Å². The van der Waals surface area contributed by atoms with Gasteiger partial charge in [0.25, 0.3) is 5.91 Å². The fourth-order valence-electron chi connectivity index (χ4n) is 1.69. The van der Waals surface area contributed by atoms with E-state index in [4.69, 9.17) is 5.73 Å². The van der Waals surface area contributed by atoms with Crippen LogP contribution in [0.15, 0.2) is 30.5 Å². The minimum atomic E-state index is -0.468. The molecule has 0 fully saturated rings. The van der Waals surface area contributed by atoms with E-state index in [-0.39, 0.29) is 11.6 Å². The molecule has 0 saturated heterocycles. The van der Waals surface area contributed by atoms with Crippen molar-refractivity contribution in [2.45, 2.75) is 26.3 Å². The lowest BCUT2D eigenvalue weighted by Gasteiger charge is -2.23. The summed E-state index contributed by atoms with van der Waals surface area (Å²) in [5, 5.41) is 10.7. The molecule has 6 nitrogen and oxygen atoms in total. The fourth-order valence-corrected chi connectivity index (χ4v) is 1.69. The van der Waals surface area contributed by atoms with Crippen LogP contribution >= 0.6 is 0 Å². The molecule has 0 atom stereocenters. The monoisotopic (exact) mass is 273 g/mol. The average Bonchev–Trinajstić information content (AvgIpc) is 2.88. The normalized spacial score (nSPS) is 11.4. The van der Waals surface area contributed by atoms with Crippen molar-refractivity contribution in [3.8, 4) is 5.69 Å². The van der Waals surface area contributed by atoms with Crippen molar-refractivity contribution in [1.29, 1.82) is 0 Å². The second kappa shape index (κ2) is 5.42. The summed E-state index contributed by atoms with van der Waals surface area (Å²) in [6, 6.07) is 7.81. The molecule has 0 radical (unpaired) electrons. The lowest BCUT2D eigenvalue weighted by molar-refractivity contribution is 0.0910. The highest BCUT2D eigenvalue weighted by atomic mass is 16.2. The number of nitrogens with zero attached hydrogens (tertiary/aromatic N) is 3. The van der Waals surface area contributed by atoms with Crippen LogP contribution in [0, 0.1) is 6.92 Å². The van der Waals surface area contributed by atoms with Gasteiger partial charge >= 0.3 is 0 Å². The predicted octanol–water partition coefficient (Wildman–Crippen LogP) is 1.04. The molecule has 2 aromatic rings. The number of aryl methyl sites for hydroxylation is 1. The Balaban J connectivity index is 2.19. The highest BCUT2D eigenvalue weighted by molar-refractivity contribution is 5.92. The number of carbonyl (C=O) groups excluding carboxylic acids is 1. The molecule has 6 heteroatoms. The highest BCUT2D eigenvalue weighted by Gasteiger charge is 2.21. The molecule has 1 amide bonds. The van der Waals surface area contributed by atoms with Crippen molar-refractivity contribution in [3.63, 3.8) is 0 Å². The van der Waals surface area contributed by atoms with Crippen LogP contribution in [0.4, 0.5) is 0 Å². The third kappa shape index (κ3) is 3.21. The van der Waals surface area contributed by atoms with Crippen LogP contribution in [0.3, 0.4) is 0 Å². The van der Waals surface area contributed by atoms with Crippen molar-refractivity contribution in [2.24, 2.45) is 5.73 Å². The van der Waals surface area contributed by atoms with Crippen molar-refractivity contribution in [2.75, 3.05) is 6.54 Å². The van der Waals surface area contributed by atoms with E-state index in [9.17, 15) is 4.79 Å². The SMILES string of the molecule is Cc1cccc(-n2cc(C(=O)NC(C)(C)CN)nn2)c1. The Morgan fingerprint density at radius 3 is 2.85 bits per heavy atom. The molecule has 2 rings (SSSR count). The molecule has 20 heavy (non-hydrogen) atoms. The number of aromatic nitrogens is 3. The van der Waals surface area contributed by atoms with Gasteiger partial charge in [0, 0.05) is 12.1 Å². The summed E-state index contributed by atoms with van der Waals surface area (Å²) in [7, 11) is 0. The van der Waals surface area contributed by atoms with E-state index in [2.05, 4.69) is 15.6 Å². The standard InChI is InChI=1S/C14H19N5O/c1-10-5-4-6-11(7-10)19-8-12(17-18-19)13(20)16-14(2,3)9-15/h4-8H,9,15H2,1-3H3,(H,16,20). The maximum atomic E-state index is 12.0. The topological polar surface area (TPSA) is 85.8 Å². The minimum Gasteiger partial charge on any atom is -0.344 e. The van der Waals surface area contributed by atoms with E-state index in [1.165, 1.54) is 0 Å². The van der Waals surface area contributed by atoms with Gasteiger partial charge in [-0.3, -0.25) is 4.79 Å². The molecule has 0 aliphatic rings. The molecule has 0 spiro atoms. The average molecular weight is 273 g/mol. The zero-order valence-corrected chi connectivity index (χ0v) is 11.9. The fraction of sp³-hybridized carbons (Fsp3) is 0.357. The van der Waals surface area contributed by atoms with Gasteiger partial charge in [-0.15, -0.1) is 5.10 Å². The van der Waals surface area contributed by atoms with Crippen LogP contribution in [0.25, 0.3) is 5.69 Å². The number of benzene rings is 1. The third-order valence-corrected chi connectivity index (χ3v) is 2.95. The van der Waals surface area contributed by atoms with Crippen LogP contribution in [-0.2, 0) is 0 Å². The summed E-state index contributed by atoms with van der Waals surface area (Å²) in [6.45, 7) is 6.06. The number of nitrogens with two attached hydrogens (primary N) is 1. The van der Waals surface area contributed by atoms with Crippen LogP contribution in [0.1, 0.15) is 29.9 Å². The molecule has 0 saturated carbocycles. The number of hydrogen-bond acceptors (Lipinski definition) is 4. The molecule has 0 bridgehead atoms. The zero-order valence-electron chi connectivity index (χ0n) is 11.9. The Morgan fingerprint density at radius 2 is 2.20 bits per heavy atom. The maximum absolute atomic E-state index is 12.0. The van der Waals surface area contributed by atoms with Crippen molar-refractivity contribution in [1.82, 2.24) is 20.3 Å². The van der Waals surface area contributed by atoms with Gasteiger partial charge in [0.15, 0.2) is 5.69 Å². The van der Waals surface area contributed by atoms with Crippen LogP contribution in [0.5, 0.6) is 0 Å². The second-order valence-electron chi connectivity index (χ2n) is 5.43. The minimum absolute atomic E-state index is 0.271. The first-order chi connectivity index (χ1) is 9.41. The first-order valence-corrected chi connectivity index (χ1v) is 6.43. The van der Waals surface area contributed by atoms with Gasteiger partial charge in [-0.25, -0.2) is 4.68 Å². The Morgan fingerprint density at radius 1 is 1.45 bits per heavy atom. The summed E-state index contributed by atoms with van der Waals surface area (Å²) >= 11 is 0. The summed E-state index contributed by atoms with van der Waals surface area (Å²) in [6.07, 6.45) is 1.61. The van der Waals surface area contributed by atoms with Gasteiger partial charge in [0.05, 0.1) is 11.9 Å². The van der Waals surface area contributed by atoms with Gasteiger partial charge in [-0.2, -0.15) is 0 Å². The van der Waals surface area contributed by atoms with Gasteiger partial charge in [-0.1, -0.05) is 17.3 Å². The van der Waals surface area contributed by atoms with Crippen molar-refractivity contribution in [3.05, 3.63) is 41.7 Å². The van der Waals surface area contributed by atoms with Gasteiger partial charge < -0.3 is 11.1 Å². The van der Waals surface area contributed by atoms with Gasteiger partial charge in [-0.05, 0) is 38.5 Å². The molecule has 0 unspecified atom stereocenters. The van der Waals surface area contributed by atoms with Crippen LogP contribution in [-0.4, -0.2) is 33.0 Å². The Kier molecular flexibility index (Phi) is 3.85. The molecule has 0 aliphatic heterocycles. The summed E-state index contributed by atoms with van der Waals surface area (Å²) in [5.74, 6) is -0.278. The third-order valence-electron chi connectivity index (χ3n) is 2.95. The maximum Gasteiger partial charge on any atom is 0.273 e. The van der Waals surface area contributed by atoms with Gasteiger partial charge in [0.1, 0.15) is 0 Å². The first-order valence-electron chi connectivity index (χ1n) is 6.43. The summed E-state index contributed by atoms with van der Waals surface area (Å²) in [5.41, 5.74) is 7.38. The summed E-state index contributed by atoms with van der Waals surface area (Å²) < 4.78 is 1.58. The molecule has 1 aromatic heterocycles. The van der Waals surface area contributed by atoms with E-state index in [1.807, 2.05) is 45.0 Å². The molecule has 1 aromatic carbocycles. The molecule has 106 valence electrons. The largest absolute Gasteiger partial charge is 0.344 e. The first kappa shape index (κ1) is 14.2. The van der Waals surface area contributed by atoms with E-state index in [0.29, 0.717) is 6.54 Å². The smallest absolute Gasteiger partial charge is 0.273 e. The number of hydrogen-bond donors (Lipinski definition) is 2. The molecule has 3 N–H and O–H groups in total. The Bertz CT molecular complexity index is 618. The van der Waals surface area contributed by atoms with Crippen LogP contribution in [0.2, 0.25) is 0 Å². The van der Waals surface area contributed by atoms with Crippen molar-refractivity contribution >= 4 is 5.91 Å². The van der Waals surface area contributed by atoms with E-state index < -0.39 is 5.54 Å². The number of amides is 1. The number of nitrogens with one attached hydrogen (secondary N) is 1. The van der Waals surface area contributed by atoms with E-state index in [0.717, 1.165) is 11.3 Å². The zero-order chi connectivity index (χ0) is 14.8. The van der Waals surface area contributed by atoms with Crippen LogP contribution < -0.4 is 11.1 Å². The second-order valence-corrected chi connectivity index (χ2v) is 5.43. The van der Waals surface area contributed by atoms with E-state index in [1.54, 1.807) is 10.9 Å². The summed E-state index contributed by atoms with van der Waals surface area (Å²) in [4.78, 5) is 12.0. The lowest BCUT2D eigenvalue weighted by Crippen LogP contribution is -2.48. The molecule has 1 heterocycles. The lowest BCUT2D eigenvalue weighted by atomic mass is 10.1. The highest BCUT2D eigenvalue weighted by Crippen LogP contribution is 2.09. The van der Waals surface area contributed by atoms with Gasteiger partial charge in [0.2, 0.25) is 0 Å². The molecular weight excluding hydrogens is 254 g/mol. The quantitative estimate of drug-likeness (QED) is 0.871.